The van der Waals surface area contributed by atoms with Crippen LogP contribution in [0, 0.1) is 17.8 Å². The molecule has 1 atom stereocenters. The van der Waals surface area contributed by atoms with Crippen molar-refractivity contribution < 1.29 is 0 Å². The minimum atomic E-state index is 0.907. The Balaban J connectivity index is 3.05. The first-order valence-electron chi connectivity index (χ1n) is 4.70. The largest absolute Gasteiger partial charge is 0.107 e. The Bertz CT molecular complexity index is 125. The number of rotatable bonds is 5. The third kappa shape index (κ3) is 7.46. The summed E-state index contributed by atoms with van der Waals surface area (Å²) in [6.45, 7) is 6.50. The van der Waals surface area contributed by atoms with E-state index in [9.17, 15) is 0 Å². The number of hydrogen-bond donors (Lipinski definition) is 0. The summed E-state index contributed by atoms with van der Waals surface area (Å²) in [4.78, 5) is 0. The lowest BCUT2D eigenvalue weighted by atomic mass is 10.0. The van der Waals surface area contributed by atoms with Crippen LogP contribution in [-0.4, -0.2) is 0 Å². The summed E-state index contributed by atoms with van der Waals surface area (Å²) >= 11 is 0. The molecular formula is C11H20. The quantitative estimate of drug-likeness (QED) is 0.417. The highest BCUT2D eigenvalue weighted by molar-refractivity contribution is 4.94. The van der Waals surface area contributed by atoms with Gasteiger partial charge in [-0.15, -0.1) is 11.8 Å². The van der Waals surface area contributed by atoms with Gasteiger partial charge in [-0.2, -0.15) is 0 Å². The molecule has 0 amide bonds. The van der Waals surface area contributed by atoms with Gasteiger partial charge in [-0.3, -0.25) is 0 Å². The number of unbranched alkanes of at least 4 members (excludes halogenated alkanes) is 2. The first-order valence-corrected chi connectivity index (χ1v) is 4.70. The van der Waals surface area contributed by atoms with Gasteiger partial charge in [0.1, 0.15) is 0 Å². The zero-order valence-corrected chi connectivity index (χ0v) is 8.11. The first kappa shape index (κ1) is 10.6. The smallest absolute Gasteiger partial charge is 0.00885 e. The van der Waals surface area contributed by atoms with E-state index >= 15 is 0 Å². The van der Waals surface area contributed by atoms with Crippen molar-refractivity contribution in [2.45, 2.75) is 52.9 Å². The molecule has 64 valence electrons. The molecule has 0 aliphatic rings. The second kappa shape index (κ2) is 7.66. The topological polar surface area (TPSA) is 0 Å². The summed E-state index contributed by atoms with van der Waals surface area (Å²) in [6.07, 6.45) is 6.42. The fraction of sp³-hybridized carbons (Fsp3) is 0.818. The van der Waals surface area contributed by atoms with E-state index < -0.39 is 0 Å². The standard InChI is InChI=1S/C11H20/c1-4-6-7-8-9-10-11(3)5-2/h11H,5,7-10H2,1-3H3. The monoisotopic (exact) mass is 152 g/mol. The molecule has 0 aromatic carbocycles. The van der Waals surface area contributed by atoms with E-state index in [0.717, 1.165) is 12.3 Å². The van der Waals surface area contributed by atoms with Gasteiger partial charge in [0.15, 0.2) is 0 Å². The van der Waals surface area contributed by atoms with E-state index in [1.165, 1.54) is 25.7 Å². The van der Waals surface area contributed by atoms with Gasteiger partial charge in [-0.1, -0.05) is 33.1 Å². The van der Waals surface area contributed by atoms with Crippen LogP contribution in [0.1, 0.15) is 52.9 Å². The minimum absolute atomic E-state index is 0.907. The van der Waals surface area contributed by atoms with Crippen molar-refractivity contribution in [1.82, 2.24) is 0 Å². The molecule has 0 radical (unpaired) electrons. The molecular weight excluding hydrogens is 132 g/mol. The van der Waals surface area contributed by atoms with Crippen molar-refractivity contribution >= 4 is 0 Å². The van der Waals surface area contributed by atoms with Gasteiger partial charge in [0.05, 0.1) is 0 Å². The fourth-order valence-corrected chi connectivity index (χ4v) is 1.04. The van der Waals surface area contributed by atoms with Gasteiger partial charge in [0.25, 0.3) is 0 Å². The van der Waals surface area contributed by atoms with E-state index in [1.54, 1.807) is 0 Å². The zero-order valence-electron chi connectivity index (χ0n) is 8.11. The third-order valence-electron chi connectivity index (χ3n) is 2.12. The molecule has 0 rings (SSSR count). The molecule has 0 saturated heterocycles. The van der Waals surface area contributed by atoms with Crippen molar-refractivity contribution in [3.05, 3.63) is 0 Å². The van der Waals surface area contributed by atoms with E-state index in [1.807, 2.05) is 6.92 Å². The van der Waals surface area contributed by atoms with Crippen molar-refractivity contribution in [1.29, 1.82) is 0 Å². The lowest BCUT2D eigenvalue weighted by Gasteiger charge is -2.05. The average molecular weight is 152 g/mol. The molecule has 0 heterocycles. The molecule has 0 saturated carbocycles. The second-order valence-corrected chi connectivity index (χ2v) is 3.19. The van der Waals surface area contributed by atoms with Gasteiger partial charge in [0, 0.05) is 6.42 Å². The predicted octanol–water partition coefficient (Wildman–Crippen LogP) is 3.62. The van der Waals surface area contributed by atoms with Crippen LogP contribution in [0.3, 0.4) is 0 Å². The predicted molar refractivity (Wildman–Crippen MR) is 51.4 cm³/mol. The zero-order chi connectivity index (χ0) is 8.53. The summed E-state index contributed by atoms with van der Waals surface area (Å²) < 4.78 is 0. The summed E-state index contributed by atoms with van der Waals surface area (Å²) in [5.41, 5.74) is 0. The minimum Gasteiger partial charge on any atom is -0.107 e. The van der Waals surface area contributed by atoms with Gasteiger partial charge in [-0.25, -0.2) is 0 Å². The second-order valence-electron chi connectivity index (χ2n) is 3.19. The summed E-state index contributed by atoms with van der Waals surface area (Å²) in [6, 6.07) is 0. The Labute approximate surface area is 71.4 Å². The highest BCUT2D eigenvalue weighted by Crippen LogP contribution is 2.11. The van der Waals surface area contributed by atoms with Crippen LogP contribution in [0.2, 0.25) is 0 Å². The third-order valence-corrected chi connectivity index (χ3v) is 2.12. The van der Waals surface area contributed by atoms with Crippen LogP contribution in [0.4, 0.5) is 0 Å². The first-order chi connectivity index (χ1) is 5.31. The fourth-order valence-electron chi connectivity index (χ4n) is 1.04. The van der Waals surface area contributed by atoms with Crippen LogP contribution >= 0.6 is 0 Å². The summed E-state index contributed by atoms with van der Waals surface area (Å²) in [7, 11) is 0. The summed E-state index contributed by atoms with van der Waals surface area (Å²) in [5, 5.41) is 0. The Morgan fingerprint density at radius 1 is 1.27 bits per heavy atom. The van der Waals surface area contributed by atoms with E-state index in [4.69, 9.17) is 0 Å². The molecule has 1 unspecified atom stereocenters. The molecule has 0 N–H and O–H groups in total. The maximum atomic E-state index is 3.09. The lowest BCUT2D eigenvalue weighted by Crippen LogP contribution is -1.90. The lowest BCUT2D eigenvalue weighted by molar-refractivity contribution is 0.487. The molecule has 0 spiro atoms. The van der Waals surface area contributed by atoms with E-state index in [2.05, 4.69) is 25.7 Å². The summed E-state index contributed by atoms with van der Waals surface area (Å²) in [5.74, 6) is 6.92. The molecule has 11 heavy (non-hydrogen) atoms. The Kier molecular flexibility index (Phi) is 7.36. The molecule has 0 bridgehead atoms. The Hall–Kier alpha value is -0.440. The van der Waals surface area contributed by atoms with Crippen LogP contribution in [0.25, 0.3) is 0 Å². The van der Waals surface area contributed by atoms with Crippen LogP contribution < -0.4 is 0 Å². The Morgan fingerprint density at radius 3 is 2.55 bits per heavy atom. The molecule has 0 fully saturated rings. The normalized spacial score (nSPS) is 11.9. The average Bonchev–Trinajstić information content (AvgIpc) is 2.04. The van der Waals surface area contributed by atoms with Gasteiger partial charge >= 0.3 is 0 Å². The molecule has 0 aromatic heterocycles. The van der Waals surface area contributed by atoms with Gasteiger partial charge < -0.3 is 0 Å². The maximum absolute atomic E-state index is 3.09. The molecule has 0 heteroatoms. The van der Waals surface area contributed by atoms with Crippen molar-refractivity contribution in [2.75, 3.05) is 0 Å². The van der Waals surface area contributed by atoms with Gasteiger partial charge in [0.2, 0.25) is 0 Å². The van der Waals surface area contributed by atoms with Crippen molar-refractivity contribution in [3.8, 4) is 11.8 Å². The van der Waals surface area contributed by atoms with Crippen LogP contribution in [-0.2, 0) is 0 Å². The van der Waals surface area contributed by atoms with Crippen LogP contribution in [0.15, 0.2) is 0 Å². The maximum Gasteiger partial charge on any atom is 0.00885 e. The molecule has 0 nitrogen and oxygen atoms in total. The van der Waals surface area contributed by atoms with Crippen LogP contribution in [0.5, 0.6) is 0 Å². The Morgan fingerprint density at radius 2 is 2.00 bits per heavy atom. The molecule has 0 aromatic rings. The highest BCUT2D eigenvalue weighted by atomic mass is 14.0. The van der Waals surface area contributed by atoms with Gasteiger partial charge in [-0.05, 0) is 19.3 Å². The molecule has 0 aliphatic carbocycles. The number of hydrogen-bond acceptors (Lipinski definition) is 0. The van der Waals surface area contributed by atoms with Crippen molar-refractivity contribution in [2.24, 2.45) is 5.92 Å². The van der Waals surface area contributed by atoms with E-state index in [0.29, 0.717) is 0 Å². The highest BCUT2D eigenvalue weighted by Gasteiger charge is 1.96. The van der Waals surface area contributed by atoms with E-state index in [-0.39, 0.29) is 0 Å². The van der Waals surface area contributed by atoms with Crippen molar-refractivity contribution in [3.63, 3.8) is 0 Å². The SMILES string of the molecule is CC#CCCCCC(C)CC. The molecule has 0 aliphatic heterocycles.